The van der Waals surface area contributed by atoms with Crippen molar-refractivity contribution in [1.82, 2.24) is 15.6 Å². The van der Waals surface area contributed by atoms with E-state index in [9.17, 15) is 0 Å². The summed E-state index contributed by atoms with van der Waals surface area (Å²) >= 11 is 5.25. The van der Waals surface area contributed by atoms with Crippen molar-refractivity contribution in [3.8, 4) is 0 Å². The van der Waals surface area contributed by atoms with Gasteiger partial charge >= 0.3 is 0 Å². The zero-order valence-corrected chi connectivity index (χ0v) is 13.5. The van der Waals surface area contributed by atoms with Gasteiger partial charge in [-0.3, -0.25) is 10.4 Å². The Morgan fingerprint density at radius 2 is 2.14 bits per heavy atom. The number of thiocarbonyl (C=S) groups is 1. The van der Waals surface area contributed by atoms with Gasteiger partial charge in [0.25, 0.3) is 0 Å². The summed E-state index contributed by atoms with van der Waals surface area (Å²) in [6.45, 7) is 2.81. The van der Waals surface area contributed by atoms with Crippen LogP contribution in [0.1, 0.15) is 12.8 Å². The molecule has 0 aromatic heterocycles. The van der Waals surface area contributed by atoms with Crippen molar-refractivity contribution in [3.05, 3.63) is 30.3 Å². The standard InChI is InChI=1S/C15H23N5S/c1-19(2)11-6-10-16-15(21)17-14-9-12-20(18-14)13-7-4-3-5-8-13/h3-5,7-8H,6,9-12H2,1-2H3,(H2,16,17,18,21). The van der Waals surface area contributed by atoms with E-state index < -0.39 is 0 Å². The molecule has 0 radical (unpaired) electrons. The Labute approximate surface area is 132 Å². The van der Waals surface area contributed by atoms with E-state index in [-0.39, 0.29) is 0 Å². The fourth-order valence-electron chi connectivity index (χ4n) is 2.12. The Kier molecular flexibility index (Phi) is 5.95. The molecule has 1 aromatic carbocycles. The van der Waals surface area contributed by atoms with Crippen LogP contribution >= 0.6 is 12.2 Å². The monoisotopic (exact) mass is 305 g/mol. The lowest BCUT2D eigenvalue weighted by Crippen LogP contribution is -2.34. The molecule has 0 atom stereocenters. The van der Waals surface area contributed by atoms with Crippen molar-refractivity contribution in [3.63, 3.8) is 0 Å². The smallest absolute Gasteiger partial charge is 0.194 e. The quantitative estimate of drug-likeness (QED) is 0.639. The van der Waals surface area contributed by atoms with Crippen LogP contribution in [0.5, 0.6) is 0 Å². The van der Waals surface area contributed by atoms with Crippen LogP contribution < -0.4 is 15.8 Å². The third-order valence-corrected chi connectivity index (χ3v) is 3.43. The van der Waals surface area contributed by atoms with Crippen LogP contribution in [0, 0.1) is 0 Å². The van der Waals surface area contributed by atoms with Gasteiger partial charge in [-0.25, -0.2) is 4.99 Å². The number of hydrogen-bond acceptors (Lipinski definition) is 3. The van der Waals surface area contributed by atoms with Gasteiger partial charge in [0.2, 0.25) is 0 Å². The Balaban J connectivity index is 1.76. The van der Waals surface area contributed by atoms with Crippen LogP contribution in [-0.4, -0.2) is 49.6 Å². The van der Waals surface area contributed by atoms with Crippen LogP contribution in [0.4, 0.5) is 5.69 Å². The van der Waals surface area contributed by atoms with E-state index >= 15 is 0 Å². The fraction of sp³-hybridized carbons (Fsp3) is 0.467. The summed E-state index contributed by atoms with van der Waals surface area (Å²) in [5.74, 6) is 0.920. The molecule has 1 aromatic rings. The number of rotatable bonds is 5. The van der Waals surface area contributed by atoms with E-state index in [1.54, 1.807) is 0 Å². The van der Waals surface area contributed by atoms with E-state index in [0.717, 1.165) is 44.0 Å². The second-order valence-electron chi connectivity index (χ2n) is 5.30. The first-order valence-corrected chi connectivity index (χ1v) is 7.65. The maximum Gasteiger partial charge on any atom is 0.194 e. The lowest BCUT2D eigenvalue weighted by molar-refractivity contribution is 0.400. The predicted octanol–water partition coefficient (Wildman–Crippen LogP) is 1.63. The van der Waals surface area contributed by atoms with Gasteiger partial charge in [-0.05, 0) is 51.4 Å². The van der Waals surface area contributed by atoms with Crippen LogP contribution in [-0.2, 0) is 0 Å². The second-order valence-corrected chi connectivity index (χ2v) is 5.68. The average Bonchev–Trinajstić information content (AvgIpc) is 2.93. The minimum absolute atomic E-state index is 0.561. The van der Waals surface area contributed by atoms with Gasteiger partial charge in [0, 0.05) is 19.5 Å². The van der Waals surface area contributed by atoms with E-state index in [0.29, 0.717) is 5.11 Å². The second kappa shape index (κ2) is 7.95. The molecule has 0 aliphatic carbocycles. The summed E-state index contributed by atoms with van der Waals surface area (Å²) in [5.41, 5.74) is 4.44. The first-order chi connectivity index (χ1) is 10.1. The molecular weight excluding hydrogens is 282 g/mol. The number of aliphatic imine (C=N–C) groups is 1. The molecule has 5 nitrogen and oxygen atoms in total. The number of nitrogens with one attached hydrogen (secondary N) is 2. The molecule has 1 heterocycles. The van der Waals surface area contributed by atoms with Crippen LogP contribution in [0.25, 0.3) is 0 Å². The molecule has 114 valence electrons. The third kappa shape index (κ3) is 5.32. The first kappa shape index (κ1) is 15.7. The molecule has 0 bridgehead atoms. The number of anilines is 1. The summed E-state index contributed by atoms with van der Waals surface area (Å²) in [4.78, 5) is 6.60. The Bertz CT molecular complexity index is 486. The van der Waals surface area contributed by atoms with Crippen molar-refractivity contribution in [2.45, 2.75) is 12.8 Å². The lowest BCUT2D eigenvalue weighted by Gasteiger charge is -2.17. The van der Waals surface area contributed by atoms with Crippen LogP contribution in [0.15, 0.2) is 35.3 Å². The molecule has 1 saturated heterocycles. The van der Waals surface area contributed by atoms with Gasteiger partial charge in [0.1, 0.15) is 5.84 Å². The average molecular weight is 305 g/mol. The van der Waals surface area contributed by atoms with Gasteiger partial charge < -0.3 is 10.2 Å². The molecule has 0 unspecified atom stereocenters. The van der Waals surface area contributed by atoms with Crippen molar-refractivity contribution < 1.29 is 0 Å². The van der Waals surface area contributed by atoms with Gasteiger partial charge in [-0.2, -0.15) is 0 Å². The van der Waals surface area contributed by atoms with Gasteiger partial charge in [-0.1, -0.05) is 18.2 Å². The molecule has 2 N–H and O–H groups in total. The molecule has 21 heavy (non-hydrogen) atoms. The van der Waals surface area contributed by atoms with E-state index in [1.165, 1.54) is 0 Å². The number of nitrogens with zero attached hydrogens (tertiary/aromatic N) is 3. The molecule has 0 spiro atoms. The highest BCUT2D eigenvalue weighted by Crippen LogP contribution is 2.14. The Morgan fingerprint density at radius 1 is 1.38 bits per heavy atom. The highest BCUT2D eigenvalue weighted by Gasteiger charge is 2.17. The van der Waals surface area contributed by atoms with E-state index in [4.69, 9.17) is 12.2 Å². The number of para-hydroxylation sites is 1. The summed E-state index contributed by atoms with van der Waals surface area (Å²) in [6, 6.07) is 10.2. The van der Waals surface area contributed by atoms with Gasteiger partial charge in [0.15, 0.2) is 5.11 Å². The normalized spacial score (nSPS) is 16.3. The van der Waals surface area contributed by atoms with E-state index in [2.05, 4.69) is 51.9 Å². The molecule has 6 heteroatoms. The van der Waals surface area contributed by atoms with Crippen molar-refractivity contribution in [2.75, 3.05) is 38.7 Å². The van der Waals surface area contributed by atoms with Crippen LogP contribution in [0.3, 0.4) is 0 Å². The minimum Gasteiger partial charge on any atom is -0.361 e. The summed E-state index contributed by atoms with van der Waals surface area (Å²) < 4.78 is 0. The largest absolute Gasteiger partial charge is 0.361 e. The Hall–Kier alpha value is -1.66. The number of hydrogen-bond donors (Lipinski definition) is 2. The van der Waals surface area contributed by atoms with Gasteiger partial charge in [0.05, 0.1) is 5.69 Å². The molecule has 0 saturated carbocycles. The summed E-state index contributed by atoms with van der Waals surface area (Å²) in [7, 11) is 4.14. The maximum absolute atomic E-state index is 5.25. The molecule has 2 rings (SSSR count). The molecule has 1 aliphatic rings. The summed E-state index contributed by atoms with van der Waals surface area (Å²) in [5, 5.41) is 5.83. The zero-order chi connectivity index (χ0) is 15.1. The zero-order valence-electron chi connectivity index (χ0n) is 12.7. The number of hydrazine groups is 1. The van der Waals surface area contributed by atoms with Gasteiger partial charge in [-0.15, -0.1) is 0 Å². The molecule has 1 aliphatic heterocycles. The SMILES string of the molecule is CN(C)CCCNC(=S)/N=C1\CCN(c2ccccc2)N1. The fourth-order valence-corrected chi connectivity index (χ4v) is 2.33. The van der Waals surface area contributed by atoms with Crippen molar-refractivity contribution >= 4 is 28.9 Å². The minimum atomic E-state index is 0.561. The molecule has 0 amide bonds. The topological polar surface area (TPSA) is 42.9 Å². The predicted molar refractivity (Wildman–Crippen MR) is 92.7 cm³/mol. The number of amidine groups is 1. The van der Waals surface area contributed by atoms with E-state index in [1.807, 2.05) is 18.2 Å². The summed E-state index contributed by atoms with van der Waals surface area (Å²) in [6.07, 6.45) is 1.94. The molecular formula is C15H23N5S. The first-order valence-electron chi connectivity index (χ1n) is 7.24. The highest BCUT2D eigenvalue weighted by atomic mass is 32.1. The number of benzene rings is 1. The third-order valence-electron chi connectivity index (χ3n) is 3.20. The molecule has 1 fully saturated rings. The van der Waals surface area contributed by atoms with Crippen LogP contribution in [0.2, 0.25) is 0 Å². The maximum atomic E-state index is 5.25. The Morgan fingerprint density at radius 3 is 2.86 bits per heavy atom. The highest BCUT2D eigenvalue weighted by molar-refractivity contribution is 7.80. The van der Waals surface area contributed by atoms with Crippen molar-refractivity contribution in [1.29, 1.82) is 0 Å². The van der Waals surface area contributed by atoms with Crippen molar-refractivity contribution in [2.24, 2.45) is 4.99 Å². The lowest BCUT2D eigenvalue weighted by atomic mass is 10.3.